The van der Waals surface area contributed by atoms with Crippen LogP contribution in [0.5, 0.6) is 0 Å². The second-order valence-electron chi connectivity index (χ2n) is 6.76. The van der Waals surface area contributed by atoms with Crippen LogP contribution in [0.25, 0.3) is 0 Å². The van der Waals surface area contributed by atoms with Crippen LogP contribution in [0.3, 0.4) is 0 Å². The fourth-order valence-electron chi connectivity index (χ4n) is 2.97. The minimum atomic E-state index is -0.376. The van der Waals surface area contributed by atoms with Crippen molar-refractivity contribution in [1.82, 2.24) is 10.2 Å². The number of rotatable bonds is 10. The lowest BCUT2D eigenvalue weighted by molar-refractivity contribution is 0.125. The van der Waals surface area contributed by atoms with Gasteiger partial charge in [0.2, 0.25) is 0 Å². The summed E-state index contributed by atoms with van der Waals surface area (Å²) in [5.41, 5.74) is -0.376. The minimum absolute atomic E-state index is 0.376. The summed E-state index contributed by atoms with van der Waals surface area (Å²) in [6, 6.07) is 4.14. The molecule has 0 aromatic carbocycles. The van der Waals surface area contributed by atoms with E-state index in [1.54, 1.807) is 0 Å². The molecular formula is C17H33N3. The van der Waals surface area contributed by atoms with Crippen LogP contribution in [-0.2, 0) is 0 Å². The van der Waals surface area contributed by atoms with Crippen molar-refractivity contribution >= 4 is 0 Å². The smallest absolute Gasteiger partial charge is 0.105 e. The first-order valence-corrected chi connectivity index (χ1v) is 8.40. The highest BCUT2D eigenvalue weighted by molar-refractivity contribution is 5.08. The molecule has 3 nitrogen and oxygen atoms in total. The molecule has 0 bridgehead atoms. The van der Waals surface area contributed by atoms with Crippen LogP contribution in [0, 0.1) is 11.3 Å². The molecule has 1 fully saturated rings. The van der Waals surface area contributed by atoms with Gasteiger partial charge in [0.15, 0.2) is 0 Å². The Hall–Kier alpha value is -0.590. The Morgan fingerprint density at radius 3 is 2.40 bits per heavy atom. The fourth-order valence-corrected chi connectivity index (χ4v) is 2.97. The number of hydrogen-bond acceptors (Lipinski definition) is 3. The van der Waals surface area contributed by atoms with E-state index >= 15 is 0 Å². The van der Waals surface area contributed by atoms with Gasteiger partial charge in [0.1, 0.15) is 5.54 Å². The van der Waals surface area contributed by atoms with Crippen molar-refractivity contribution in [2.75, 3.05) is 6.54 Å². The predicted molar refractivity (Wildman–Crippen MR) is 85.6 cm³/mol. The molecule has 1 aliphatic carbocycles. The van der Waals surface area contributed by atoms with E-state index < -0.39 is 0 Å². The molecule has 1 saturated carbocycles. The van der Waals surface area contributed by atoms with Crippen LogP contribution in [0.4, 0.5) is 0 Å². The standard InChI is InChI=1S/C17H33N3/c1-6-8-11-20(14(3)7-2)15(4)12-17(5,13-18)19-16-9-10-16/h14-16,19H,6-12H2,1-5H3. The Kier molecular flexibility index (Phi) is 6.99. The van der Waals surface area contributed by atoms with Crippen molar-refractivity contribution in [2.45, 2.75) is 96.8 Å². The molecule has 1 aliphatic rings. The third-order valence-electron chi connectivity index (χ3n) is 4.54. The number of unbranched alkanes of at least 4 members (excludes halogenated alkanes) is 1. The van der Waals surface area contributed by atoms with Crippen LogP contribution in [-0.4, -0.2) is 35.1 Å². The predicted octanol–water partition coefficient (Wildman–Crippen LogP) is 3.70. The zero-order valence-corrected chi connectivity index (χ0v) is 14.1. The van der Waals surface area contributed by atoms with E-state index in [4.69, 9.17) is 0 Å². The first-order valence-electron chi connectivity index (χ1n) is 8.40. The minimum Gasteiger partial charge on any atom is -0.298 e. The molecule has 3 atom stereocenters. The molecule has 0 aliphatic heterocycles. The lowest BCUT2D eigenvalue weighted by Crippen LogP contribution is -2.50. The summed E-state index contributed by atoms with van der Waals surface area (Å²) in [5.74, 6) is 0. The van der Waals surface area contributed by atoms with Gasteiger partial charge in [0.05, 0.1) is 6.07 Å². The summed E-state index contributed by atoms with van der Waals surface area (Å²) in [6.45, 7) is 12.3. The Bertz CT molecular complexity index is 319. The van der Waals surface area contributed by atoms with Gasteiger partial charge in [0, 0.05) is 18.1 Å². The van der Waals surface area contributed by atoms with Crippen molar-refractivity contribution in [1.29, 1.82) is 5.26 Å². The van der Waals surface area contributed by atoms with Crippen molar-refractivity contribution in [3.63, 3.8) is 0 Å². The molecule has 116 valence electrons. The van der Waals surface area contributed by atoms with Gasteiger partial charge < -0.3 is 0 Å². The van der Waals surface area contributed by atoms with Gasteiger partial charge in [-0.05, 0) is 59.4 Å². The van der Waals surface area contributed by atoms with Gasteiger partial charge in [-0.15, -0.1) is 0 Å². The molecule has 0 spiro atoms. The quantitative estimate of drug-likeness (QED) is 0.663. The Morgan fingerprint density at radius 2 is 1.95 bits per heavy atom. The molecule has 3 heteroatoms. The molecule has 0 aromatic rings. The van der Waals surface area contributed by atoms with Crippen LogP contribution < -0.4 is 5.32 Å². The van der Waals surface area contributed by atoms with Crippen LogP contribution in [0.2, 0.25) is 0 Å². The number of hydrogen-bond donors (Lipinski definition) is 1. The summed E-state index contributed by atoms with van der Waals surface area (Å²) in [4.78, 5) is 2.59. The summed E-state index contributed by atoms with van der Waals surface area (Å²) in [6.07, 6.45) is 7.03. The molecule has 0 aromatic heterocycles. The molecule has 0 heterocycles. The maximum absolute atomic E-state index is 9.53. The van der Waals surface area contributed by atoms with E-state index in [-0.39, 0.29) is 5.54 Å². The van der Waals surface area contributed by atoms with Crippen molar-refractivity contribution in [3.8, 4) is 6.07 Å². The zero-order valence-electron chi connectivity index (χ0n) is 14.1. The highest BCUT2D eigenvalue weighted by Crippen LogP contribution is 2.26. The molecule has 20 heavy (non-hydrogen) atoms. The maximum atomic E-state index is 9.53. The third-order valence-corrected chi connectivity index (χ3v) is 4.54. The topological polar surface area (TPSA) is 39.1 Å². The largest absolute Gasteiger partial charge is 0.298 e. The molecule has 0 amide bonds. The third kappa shape index (κ3) is 5.42. The lowest BCUT2D eigenvalue weighted by Gasteiger charge is -2.37. The maximum Gasteiger partial charge on any atom is 0.105 e. The van der Waals surface area contributed by atoms with E-state index in [9.17, 15) is 5.26 Å². The fraction of sp³-hybridized carbons (Fsp3) is 0.941. The van der Waals surface area contributed by atoms with Crippen molar-refractivity contribution in [2.24, 2.45) is 0 Å². The Balaban J connectivity index is 2.62. The average Bonchev–Trinajstić information content (AvgIpc) is 3.22. The van der Waals surface area contributed by atoms with E-state index in [1.165, 1.54) is 32.1 Å². The Labute approximate surface area is 125 Å². The molecule has 0 saturated heterocycles. The van der Waals surface area contributed by atoms with Crippen LogP contribution in [0.15, 0.2) is 0 Å². The normalized spacial score (nSPS) is 21.2. The number of nitrogens with zero attached hydrogens (tertiary/aromatic N) is 2. The lowest BCUT2D eigenvalue weighted by atomic mass is 9.93. The second-order valence-corrected chi connectivity index (χ2v) is 6.76. The van der Waals surface area contributed by atoms with Gasteiger partial charge in [0.25, 0.3) is 0 Å². The van der Waals surface area contributed by atoms with Gasteiger partial charge in [-0.3, -0.25) is 10.2 Å². The van der Waals surface area contributed by atoms with E-state index in [1.807, 2.05) is 0 Å². The first kappa shape index (κ1) is 17.5. The van der Waals surface area contributed by atoms with Gasteiger partial charge in [-0.25, -0.2) is 0 Å². The van der Waals surface area contributed by atoms with E-state index in [0.29, 0.717) is 18.1 Å². The van der Waals surface area contributed by atoms with Crippen LogP contribution >= 0.6 is 0 Å². The molecule has 3 unspecified atom stereocenters. The SMILES string of the molecule is CCCCN(C(C)CC)C(C)CC(C)(C#N)NC1CC1. The van der Waals surface area contributed by atoms with Gasteiger partial charge >= 0.3 is 0 Å². The highest BCUT2D eigenvalue weighted by atomic mass is 15.2. The summed E-state index contributed by atoms with van der Waals surface area (Å²) in [7, 11) is 0. The molecule has 1 N–H and O–H groups in total. The highest BCUT2D eigenvalue weighted by Gasteiger charge is 2.35. The van der Waals surface area contributed by atoms with Gasteiger partial charge in [-0.2, -0.15) is 5.26 Å². The second kappa shape index (κ2) is 8.00. The van der Waals surface area contributed by atoms with Crippen molar-refractivity contribution in [3.05, 3.63) is 0 Å². The number of nitrogens with one attached hydrogen (secondary N) is 1. The molecule has 0 radical (unpaired) electrons. The van der Waals surface area contributed by atoms with E-state index in [0.717, 1.165) is 13.0 Å². The summed E-state index contributed by atoms with van der Waals surface area (Å²) >= 11 is 0. The molecule has 1 rings (SSSR count). The first-order chi connectivity index (χ1) is 9.45. The van der Waals surface area contributed by atoms with Crippen LogP contribution in [0.1, 0.15) is 73.1 Å². The Morgan fingerprint density at radius 1 is 1.30 bits per heavy atom. The summed E-state index contributed by atoms with van der Waals surface area (Å²) < 4.78 is 0. The average molecular weight is 279 g/mol. The zero-order chi connectivity index (χ0) is 15.2. The van der Waals surface area contributed by atoms with E-state index in [2.05, 4.69) is 50.9 Å². The van der Waals surface area contributed by atoms with Gasteiger partial charge in [-0.1, -0.05) is 20.3 Å². The number of nitriles is 1. The summed E-state index contributed by atoms with van der Waals surface area (Å²) in [5, 5.41) is 13.1. The molecular weight excluding hydrogens is 246 g/mol. The van der Waals surface area contributed by atoms with Crippen molar-refractivity contribution < 1.29 is 0 Å². The monoisotopic (exact) mass is 279 g/mol.